The van der Waals surface area contributed by atoms with Crippen molar-refractivity contribution in [1.82, 2.24) is 24.3 Å². The minimum atomic E-state index is -0.268. The van der Waals surface area contributed by atoms with E-state index < -0.39 is 0 Å². The molecule has 8 heteroatoms. The Morgan fingerprint density at radius 2 is 1.85 bits per heavy atom. The standard InChI is InChI=1S/C26H23ClFN5O/c1-15-7-19(9-21(28)8-15)17(3)33-13-20(27)11-22-25(30-31-26(22)33)18-5-6-23(24(10-18)34-4)32-12-16(2)29-14-32/h5-14,17H,1-4H3/t17-/m0/s1. The van der Waals surface area contributed by atoms with E-state index in [0.717, 1.165) is 33.6 Å². The minimum absolute atomic E-state index is 0.193. The van der Waals surface area contributed by atoms with Crippen molar-refractivity contribution < 1.29 is 9.13 Å². The molecule has 0 N–H and O–H groups in total. The number of benzene rings is 2. The Morgan fingerprint density at radius 1 is 1.03 bits per heavy atom. The quantitative estimate of drug-likeness (QED) is 0.301. The fraction of sp³-hybridized carbons (Fsp3) is 0.192. The zero-order chi connectivity index (χ0) is 24.0. The van der Waals surface area contributed by atoms with E-state index in [1.165, 1.54) is 12.1 Å². The van der Waals surface area contributed by atoms with Gasteiger partial charge in [-0.15, -0.1) is 10.2 Å². The highest BCUT2D eigenvalue weighted by Gasteiger charge is 2.23. The first-order valence-electron chi connectivity index (χ1n) is 10.8. The van der Waals surface area contributed by atoms with Crippen LogP contribution in [0.2, 0.25) is 5.02 Å². The largest absolute Gasteiger partial charge is 0.495 e. The minimum Gasteiger partial charge on any atom is -0.495 e. The second kappa shape index (κ2) is 8.57. The van der Waals surface area contributed by atoms with E-state index in [1.807, 2.05) is 66.4 Å². The van der Waals surface area contributed by atoms with Gasteiger partial charge in [0.25, 0.3) is 0 Å². The maximum Gasteiger partial charge on any atom is 0.165 e. The van der Waals surface area contributed by atoms with Gasteiger partial charge in [0.2, 0.25) is 0 Å². The fourth-order valence-corrected chi connectivity index (χ4v) is 4.48. The summed E-state index contributed by atoms with van der Waals surface area (Å²) in [5.41, 5.74) is 5.83. The summed E-state index contributed by atoms with van der Waals surface area (Å²) in [7, 11) is 1.63. The van der Waals surface area contributed by atoms with Gasteiger partial charge < -0.3 is 13.9 Å². The van der Waals surface area contributed by atoms with Crippen LogP contribution in [0.5, 0.6) is 5.75 Å². The van der Waals surface area contributed by atoms with Gasteiger partial charge in [-0.25, -0.2) is 9.37 Å². The molecule has 0 aliphatic carbocycles. The summed E-state index contributed by atoms with van der Waals surface area (Å²) in [5.74, 6) is 1.09. The molecule has 0 saturated heterocycles. The highest BCUT2D eigenvalue weighted by atomic mass is 35.5. The van der Waals surface area contributed by atoms with Crippen molar-refractivity contribution in [2.24, 2.45) is 0 Å². The SMILES string of the molecule is COc1cc(-c2nnc3n([C@@H](C)c4cc(C)cc(F)c4)cc(Cl)cc2-3)ccc1-n1cnc(C)c1. The van der Waals surface area contributed by atoms with Crippen molar-refractivity contribution in [3.8, 4) is 34.1 Å². The van der Waals surface area contributed by atoms with E-state index >= 15 is 0 Å². The Morgan fingerprint density at radius 3 is 2.56 bits per heavy atom. The third-order valence-corrected chi connectivity index (χ3v) is 6.14. The van der Waals surface area contributed by atoms with Crippen LogP contribution in [-0.4, -0.2) is 31.4 Å². The number of nitrogens with zero attached hydrogens (tertiary/aromatic N) is 5. The summed E-state index contributed by atoms with van der Waals surface area (Å²) in [6.07, 6.45) is 5.49. The third kappa shape index (κ3) is 3.92. The van der Waals surface area contributed by atoms with Gasteiger partial charge in [0.05, 0.1) is 35.9 Å². The number of aromatic nitrogens is 5. The first-order valence-corrected chi connectivity index (χ1v) is 11.2. The molecule has 0 radical (unpaired) electrons. The molecule has 6 nitrogen and oxygen atoms in total. The average Bonchev–Trinajstić information content (AvgIpc) is 3.43. The molecule has 2 aromatic carbocycles. The van der Waals surface area contributed by atoms with Gasteiger partial charge >= 0.3 is 0 Å². The van der Waals surface area contributed by atoms with Crippen LogP contribution in [0.25, 0.3) is 28.3 Å². The van der Waals surface area contributed by atoms with Crippen molar-refractivity contribution in [2.45, 2.75) is 26.8 Å². The van der Waals surface area contributed by atoms with E-state index in [-0.39, 0.29) is 11.9 Å². The second-order valence-corrected chi connectivity index (χ2v) is 8.83. The van der Waals surface area contributed by atoms with Crippen LogP contribution in [0.4, 0.5) is 4.39 Å². The van der Waals surface area contributed by atoms with Crippen molar-refractivity contribution in [3.63, 3.8) is 0 Å². The summed E-state index contributed by atoms with van der Waals surface area (Å²) in [4.78, 5) is 4.30. The number of halogens is 2. The molecule has 1 atom stereocenters. The zero-order valence-electron chi connectivity index (χ0n) is 19.3. The van der Waals surface area contributed by atoms with Gasteiger partial charge in [-0.3, -0.25) is 0 Å². The van der Waals surface area contributed by atoms with Gasteiger partial charge in [0, 0.05) is 23.5 Å². The van der Waals surface area contributed by atoms with Gasteiger partial charge in [-0.2, -0.15) is 0 Å². The molecule has 172 valence electrons. The molecule has 0 unspecified atom stereocenters. The number of imidazole rings is 1. The van der Waals surface area contributed by atoms with E-state index in [1.54, 1.807) is 19.6 Å². The molecule has 2 aliphatic rings. The second-order valence-electron chi connectivity index (χ2n) is 8.40. The molecule has 3 aromatic rings. The van der Waals surface area contributed by atoms with Crippen LogP contribution in [0.3, 0.4) is 0 Å². The lowest BCUT2D eigenvalue weighted by molar-refractivity contribution is 0.413. The predicted molar refractivity (Wildman–Crippen MR) is 130 cm³/mol. The van der Waals surface area contributed by atoms with Crippen LogP contribution < -0.4 is 4.74 Å². The number of aryl methyl sites for hydroxylation is 2. The van der Waals surface area contributed by atoms with Crippen molar-refractivity contribution in [1.29, 1.82) is 0 Å². The first-order chi connectivity index (χ1) is 16.3. The molecule has 1 aromatic heterocycles. The topological polar surface area (TPSA) is 57.8 Å². The van der Waals surface area contributed by atoms with Gasteiger partial charge in [0.15, 0.2) is 5.82 Å². The molecule has 34 heavy (non-hydrogen) atoms. The Kier molecular flexibility index (Phi) is 5.57. The molecule has 0 fully saturated rings. The van der Waals surface area contributed by atoms with Crippen LogP contribution in [-0.2, 0) is 0 Å². The number of hydrogen-bond donors (Lipinski definition) is 0. The van der Waals surface area contributed by atoms with Gasteiger partial charge in [0.1, 0.15) is 17.3 Å². The van der Waals surface area contributed by atoms with E-state index in [4.69, 9.17) is 16.3 Å². The lowest BCUT2D eigenvalue weighted by Gasteiger charge is -2.20. The summed E-state index contributed by atoms with van der Waals surface area (Å²) < 4.78 is 23.6. The monoisotopic (exact) mass is 475 g/mol. The maximum atomic E-state index is 14.1. The highest BCUT2D eigenvalue weighted by Crippen LogP contribution is 2.38. The van der Waals surface area contributed by atoms with Crippen molar-refractivity contribution >= 4 is 11.6 Å². The first kappa shape index (κ1) is 22.1. The lowest BCUT2D eigenvalue weighted by atomic mass is 10.0. The molecule has 2 aliphatic heterocycles. The van der Waals surface area contributed by atoms with Crippen LogP contribution in [0, 0.1) is 19.7 Å². The predicted octanol–water partition coefficient (Wildman–Crippen LogP) is 6.26. The molecule has 0 bridgehead atoms. The molecule has 0 spiro atoms. The molecule has 5 rings (SSSR count). The fourth-order valence-electron chi connectivity index (χ4n) is 4.27. The lowest BCUT2D eigenvalue weighted by Crippen LogP contribution is -2.11. The third-order valence-electron chi connectivity index (χ3n) is 5.94. The Hall–Kier alpha value is -3.71. The normalized spacial score (nSPS) is 12.3. The van der Waals surface area contributed by atoms with E-state index in [9.17, 15) is 4.39 Å². The van der Waals surface area contributed by atoms with Crippen molar-refractivity contribution in [2.75, 3.05) is 7.11 Å². The number of methoxy groups -OCH3 is 1. The van der Waals surface area contributed by atoms with E-state index in [0.29, 0.717) is 22.3 Å². The Bertz CT molecular complexity index is 1450. The van der Waals surface area contributed by atoms with Crippen molar-refractivity contribution in [3.05, 3.63) is 88.8 Å². The molecular weight excluding hydrogens is 453 g/mol. The molecule has 0 amide bonds. The Labute approximate surface area is 202 Å². The zero-order valence-corrected chi connectivity index (χ0v) is 20.0. The maximum absolute atomic E-state index is 14.1. The number of hydrogen-bond acceptors (Lipinski definition) is 4. The average molecular weight is 476 g/mol. The summed E-state index contributed by atoms with van der Waals surface area (Å²) in [5, 5.41) is 9.50. The number of ether oxygens (including phenoxy) is 1. The van der Waals surface area contributed by atoms with E-state index in [2.05, 4.69) is 15.2 Å². The summed E-state index contributed by atoms with van der Waals surface area (Å²) in [6.45, 7) is 5.80. The van der Waals surface area contributed by atoms with Crippen LogP contribution in [0.15, 0.2) is 61.2 Å². The highest BCUT2D eigenvalue weighted by molar-refractivity contribution is 6.30. The number of rotatable bonds is 5. The molecular formula is C26H23ClFN5O. The molecule has 3 heterocycles. The molecule has 0 saturated carbocycles. The smallest absolute Gasteiger partial charge is 0.165 e. The number of pyridine rings is 1. The Balaban J connectivity index is 1.58. The van der Waals surface area contributed by atoms with Crippen LogP contribution >= 0.6 is 11.6 Å². The van der Waals surface area contributed by atoms with Gasteiger partial charge in [-0.1, -0.05) is 23.7 Å². The number of fused-ring (bicyclic) bond motifs is 1. The van der Waals surface area contributed by atoms with Crippen LogP contribution in [0.1, 0.15) is 29.8 Å². The summed E-state index contributed by atoms with van der Waals surface area (Å²) in [6, 6.07) is 12.5. The van der Waals surface area contributed by atoms with Gasteiger partial charge in [-0.05, 0) is 62.2 Å². The summed E-state index contributed by atoms with van der Waals surface area (Å²) >= 11 is 6.51.